The molecule has 17 heavy (non-hydrogen) atoms. The second-order valence-electron chi connectivity index (χ2n) is 4.07. The van der Waals surface area contributed by atoms with Crippen molar-refractivity contribution in [2.75, 3.05) is 7.05 Å². The third kappa shape index (κ3) is 2.39. The minimum absolute atomic E-state index is 0.0218. The molecule has 0 aromatic carbocycles. The summed E-state index contributed by atoms with van der Waals surface area (Å²) in [5, 5.41) is 2.03. The Labute approximate surface area is 105 Å². The van der Waals surface area contributed by atoms with E-state index >= 15 is 0 Å². The van der Waals surface area contributed by atoms with Gasteiger partial charge in [0, 0.05) is 11.9 Å². The Hall–Kier alpha value is -1.62. The molecule has 0 N–H and O–H groups in total. The summed E-state index contributed by atoms with van der Waals surface area (Å²) in [6.07, 6.45) is 5.38. The van der Waals surface area contributed by atoms with Gasteiger partial charge in [0.25, 0.3) is 6.33 Å². The fourth-order valence-electron chi connectivity index (χ4n) is 1.63. The molecular formula is C12H16N3OS+. The van der Waals surface area contributed by atoms with Crippen molar-refractivity contribution >= 4 is 17.4 Å². The van der Waals surface area contributed by atoms with Gasteiger partial charge in [0.15, 0.2) is 0 Å². The van der Waals surface area contributed by atoms with E-state index in [-0.39, 0.29) is 12.1 Å². The quantitative estimate of drug-likeness (QED) is 0.750. The van der Waals surface area contributed by atoms with Gasteiger partial charge in [-0.3, -0.25) is 4.90 Å². The SMILES string of the molecule is CC(c1cccs1)N(C)C(=O)n1cc[n+](C)c1. The van der Waals surface area contributed by atoms with Gasteiger partial charge in [-0.05, 0) is 18.4 Å². The summed E-state index contributed by atoms with van der Waals surface area (Å²) in [4.78, 5) is 15.1. The second kappa shape index (κ2) is 4.71. The number of nitrogens with zero attached hydrogens (tertiary/aromatic N) is 3. The van der Waals surface area contributed by atoms with Crippen LogP contribution >= 0.6 is 11.3 Å². The van der Waals surface area contributed by atoms with Gasteiger partial charge in [-0.15, -0.1) is 11.3 Å². The average Bonchev–Trinajstić information content (AvgIpc) is 2.96. The van der Waals surface area contributed by atoms with Crippen LogP contribution in [0.25, 0.3) is 0 Å². The van der Waals surface area contributed by atoms with Crippen molar-refractivity contribution < 1.29 is 9.36 Å². The number of amides is 1. The number of rotatable bonds is 2. The van der Waals surface area contributed by atoms with Crippen LogP contribution in [0.4, 0.5) is 4.79 Å². The Kier molecular flexibility index (Phi) is 3.28. The van der Waals surface area contributed by atoms with E-state index in [0.717, 1.165) is 0 Å². The molecule has 0 fully saturated rings. The van der Waals surface area contributed by atoms with Gasteiger partial charge in [-0.25, -0.2) is 9.36 Å². The van der Waals surface area contributed by atoms with Crippen LogP contribution < -0.4 is 4.57 Å². The maximum Gasteiger partial charge on any atom is 0.416 e. The highest BCUT2D eigenvalue weighted by molar-refractivity contribution is 7.10. The molecule has 0 aliphatic heterocycles. The number of carbonyl (C=O) groups is 1. The van der Waals surface area contributed by atoms with Gasteiger partial charge >= 0.3 is 6.03 Å². The number of thiophene rings is 1. The first-order valence-electron chi connectivity index (χ1n) is 5.43. The van der Waals surface area contributed by atoms with Gasteiger partial charge in [-0.2, -0.15) is 4.57 Å². The molecule has 2 aromatic rings. The fraction of sp³-hybridized carbons (Fsp3) is 0.333. The maximum atomic E-state index is 12.2. The molecule has 1 amide bonds. The normalized spacial score (nSPS) is 12.4. The van der Waals surface area contributed by atoms with Crippen LogP contribution in [-0.2, 0) is 7.05 Å². The lowest BCUT2D eigenvalue weighted by Gasteiger charge is -2.21. The highest BCUT2D eigenvalue weighted by Crippen LogP contribution is 2.23. The summed E-state index contributed by atoms with van der Waals surface area (Å²) in [5.74, 6) is 0. The van der Waals surface area contributed by atoms with Crippen LogP contribution in [0.15, 0.2) is 36.2 Å². The number of carbonyl (C=O) groups excluding carboxylic acids is 1. The molecule has 1 unspecified atom stereocenters. The van der Waals surface area contributed by atoms with Gasteiger partial charge < -0.3 is 0 Å². The molecule has 0 spiro atoms. The van der Waals surface area contributed by atoms with Crippen LogP contribution in [0.3, 0.4) is 0 Å². The summed E-state index contributed by atoms with van der Waals surface area (Å²) >= 11 is 1.67. The van der Waals surface area contributed by atoms with Crippen molar-refractivity contribution in [3.8, 4) is 0 Å². The number of imidazole rings is 1. The summed E-state index contributed by atoms with van der Waals surface area (Å²) in [7, 11) is 3.72. The Morgan fingerprint density at radius 1 is 1.59 bits per heavy atom. The molecule has 0 saturated carbocycles. The number of hydrogen-bond donors (Lipinski definition) is 0. The average molecular weight is 250 g/mol. The minimum Gasteiger partial charge on any atom is -0.300 e. The number of aryl methyl sites for hydroxylation is 1. The molecule has 0 saturated heterocycles. The minimum atomic E-state index is -0.0218. The van der Waals surface area contributed by atoms with Crippen molar-refractivity contribution in [1.82, 2.24) is 9.47 Å². The van der Waals surface area contributed by atoms with Crippen molar-refractivity contribution in [2.45, 2.75) is 13.0 Å². The molecule has 0 aliphatic rings. The largest absolute Gasteiger partial charge is 0.416 e. The highest BCUT2D eigenvalue weighted by atomic mass is 32.1. The Morgan fingerprint density at radius 3 is 2.88 bits per heavy atom. The van der Waals surface area contributed by atoms with Crippen LogP contribution in [-0.4, -0.2) is 22.5 Å². The molecule has 0 radical (unpaired) electrons. The lowest BCUT2D eigenvalue weighted by Crippen LogP contribution is -2.34. The molecule has 5 heteroatoms. The smallest absolute Gasteiger partial charge is 0.300 e. The van der Waals surface area contributed by atoms with Crippen molar-refractivity contribution in [1.29, 1.82) is 0 Å². The van der Waals surface area contributed by atoms with E-state index in [1.54, 1.807) is 33.3 Å². The van der Waals surface area contributed by atoms with Crippen LogP contribution in [0.2, 0.25) is 0 Å². The first kappa shape index (κ1) is 11.9. The Bertz CT molecular complexity index is 504. The monoisotopic (exact) mass is 250 g/mol. The Balaban J connectivity index is 2.15. The predicted molar refractivity (Wildman–Crippen MR) is 66.9 cm³/mol. The zero-order valence-electron chi connectivity index (χ0n) is 10.2. The lowest BCUT2D eigenvalue weighted by molar-refractivity contribution is -0.670. The summed E-state index contributed by atoms with van der Waals surface area (Å²) in [5.41, 5.74) is 0. The molecule has 2 heterocycles. The molecule has 1 atom stereocenters. The van der Waals surface area contributed by atoms with Crippen molar-refractivity contribution in [3.63, 3.8) is 0 Å². The first-order valence-corrected chi connectivity index (χ1v) is 6.31. The van der Waals surface area contributed by atoms with Gasteiger partial charge in [0.2, 0.25) is 0 Å². The number of aromatic nitrogens is 2. The van der Waals surface area contributed by atoms with E-state index in [1.807, 2.05) is 43.2 Å². The van der Waals surface area contributed by atoms with Crippen LogP contribution in [0, 0.1) is 0 Å². The zero-order chi connectivity index (χ0) is 12.4. The lowest BCUT2D eigenvalue weighted by atomic mass is 10.2. The molecule has 90 valence electrons. The van der Waals surface area contributed by atoms with E-state index < -0.39 is 0 Å². The highest BCUT2D eigenvalue weighted by Gasteiger charge is 2.23. The van der Waals surface area contributed by atoms with Gasteiger partial charge in [-0.1, -0.05) is 6.07 Å². The first-order chi connectivity index (χ1) is 8.09. The van der Waals surface area contributed by atoms with Gasteiger partial charge in [0.1, 0.15) is 12.4 Å². The molecule has 4 nitrogen and oxygen atoms in total. The van der Waals surface area contributed by atoms with Crippen LogP contribution in [0.1, 0.15) is 17.8 Å². The van der Waals surface area contributed by atoms with Gasteiger partial charge in [0.05, 0.1) is 13.1 Å². The number of hydrogen-bond acceptors (Lipinski definition) is 2. The zero-order valence-corrected chi connectivity index (χ0v) is 11.0. The molecule has 0 aliphatic carbocycles. The van der Waals surface area contributed by atoms with E-state index in [2.05, 4.69) is 6.07 Å². The van der Waals surface area contributed by atoms with Crippen molar-refractivity contribution in [2.24, 2.45) is 7.05 Å². The van der Waals surface area contributed by atoms with E-state index in [4.69, 9.17) is 0 Å². The fourth-order valence-corrected chi connectivity index (χ4v) is 2.46. The maximum absolute atomic E-state index is 12.2. The summed E-state index contributed by atoms with van der Waals surface area (Å²) in [6, 6.07) is 4.13. The molecule has 2 aromatic heterocycles. The summed E-state index contributed by atoms with van der Waals surface area (Å²) in [6.45, 7) is 2.03. The van der Waals surface area contributed by atoms with E-state index in [1.165, 1.54) is 4.88 Å². The van der Waals surface area contributed by atoms with E-state index in [0.29, 0.717) is 0 Å². The van der Waals surface area contributed by atoms with E-state index in [9.17, 15) is 4.79 Å². The molecule has 0 bridgehead atoms. The Morgan fingerprint density at radius 2 is 2.35 bits per heavy atom. The second-order valence-corrected chi connectivity index (χ2v) is 5.05. The summed E-state index contributed by atoms with van der Waals surface area (Å²) < 4.78 is 3.44. The van der Waals surface area contributed by atoms with Crippen LogP contribution in [0.5, 0.6) is 0 Å². The molecule has 2 rings (SSSR count). The predicted octanol–water partition coefficient (Wildman–Crippen LogP) is 2.04. The topological polar surface area (TPSA) is 29.1 Å². The standard InChI is InChI=1S/C12H16N3OS/c1-10(11-5-4-8-17-11)14(3)12(16)15-7-6-13(2)9-15/h4-10H,1-3H3/q+1. The third-order valence-corrected chi connectivity index (χ3v) is 3.87. The molecular weight excluding hydrogens is 234 g/mol. The third-order valence-electron chi connectivity index (χ3n) is 2.83. The van der Waals surface area contributed by atoms with Crippen molar-refractivity contribution in [3.05, 3.63) is 41.1 Å².